The quantitative estimate of drug-likeness (QED) is 0.301. The number of alkyl halides is 3. The summed E-state index contributed by atoms with van der Waals surface area (Å²) in [5, 5.41) is 12.7. The predicted octanol–water partition coefficient (Wildman–Crippen LogP) is 3.50. The highest BCUT2D eigenvalue weighted by Crippen LogP contribution is 2.30. The van der Waals surface area contributed by atoms with Gasteiger partial charge in [0.15, 0.2) is 5.96 Å². The molecule has 0 heterocycles. The molecule has 0 amide bonds. The van der Waals surface area contributed by atoms with Crippen molar-refractivity contribution in [2.45, 2.75) is 12.3 Å². The minimum atomic E-state index is -4.40. The Bertz CT molecular complexity index is 753. The molecule has 0 saturated carbocycles. The zero-order chi connectivity index (χ0) is 19.9. The lowest BCUT2D eigenvalue weighted by Crippen LogP contribution is -2.27. The lowest BCUT2D eigenvalue weighted by Gasteiger charge is -2.12. The van der Waals surface area contributed by atoms with Crippen molar-refractivity contribution in [1.29, 1.82) is 0 Å². The first-order chi connectivity index (χ1) is 12.8. The number of halogens is 4. The summed E-state index contributed by atoms with van der Waals surface area (Å²) in [4.78, 5) is 3.99. The van der Waals surface area contributed by atoms with Gasteiger partial charge >= 0.3 is 6.18 Å². The van der Waals surface area contributed by atoms with E-state index in [9.17, 15) is 18.3 Å². The van der Waals surface area contributed by atoms with Crippen LogP contribution in [0.5, 0.6) is 11.5 Å². The number of nitrogens with zero attached hydrogens (tertiary/aromatic N) is 1. The van der Waals surface area contributed by atoms with Crippen molar-refractivity contribution in [3.05, 3.63) is 54.1 Å². The van der Waals surface area contributed by atoms with Crippen LogP contribution in [-0.2, 0) is 6.18 Å². The van der Waals surface area contributed by atoms with Gasteiger partial charge in [-0.25, -0.2) is 0 Å². The van der Waals surface area contributed by atoms with E-state index in [1.165, 1.54) is 12.1 Å². The normalized spacial score (nSPS) is 12.7. The van der Waals surface area contributed by atoms with E-state index in [2.05, 4.69) is 10.3 Å². The topological polar surface area (TPSA) is 89.1 Å². The van der Waals surface area contributed by atoms with Crippen LogP contribution in [-0.4, -0.2) is 37.4 Å². The number of methoxy groups -OCH3 is 1. The maximum Gasteiger partial charge on any atom is 0.416 e. The average molecular weight is 511 g/mol. The van der Waals surface area contributed by atoms with Crippen LogP contribution in [0.2, 0.25) is 0 Å². The van der Waals surface area contributed by atoms with Crippen LogP contribution >= 0.6 is 24.0 Å². The van der Waals surface area contributed by atoms with E-state index in [1.807, 2.05) is 0 Å². The fraction of sp³-hybridized carbons (Fsp3) is 0.278. The van der Waals surface area contributed by atoms with Crippen molar-refractivity contribution >= 4 is 35.6 Å². The Hall–Kier alpha value is -2.21. The molecule has 2 rings (SSSR count). The zero-order valence-corrected chi connectivity index (χ0v) is 17.3. The second-order valence-corrected chi connectivity index (χ2v) is 5.57. The Balaban J connectivity index is 0.00000392. The summed E-state index contributed by atoms with van der Waals surface area (Å²) in [5.74, 6) is 1.02. The third kappa shape index (κ3) is 7.80. The van der Waals surface area contributed by atoms with Gasteiger partial charge in [0.05, 0.1) is 19.2 Å². The minimum absolute atomic E-state index is 0. The molecule has 2 aromatic carbocycles. The molecule has 10 heteroatoms. The molecule has 0 aliphatic rings. The number of nitrogens with one attached hydrogen (secondary N) is 1. The number of hydrogen-bond donors (Lipinski definition) is 3. The SMILES string of the molecule is COc1ccc(NC(N)=NCC(O)COc2ccc(C(F)(F)F)cc2)cc1.I. The molecule has 6 nitrogen and oxygen atoms in total. The summed E-state index contributed by atoms with van der Waals surface area (Å²) < 4.78 is 47.8. The molecule has 0 spiro atoms. The first-order valence-corrected chi connectivity index (χ1v) is 7.97. The van der Waals surface area contributed by atoms with Gasteiger partial charge in [-0.05, 0) is 48.5 Å². The van der Waals surface area contributed by atoms with E-state index < -0.39 is 17.8 Å². The standard InChI is InChI=1S/C18H20F3N3O3.HI/c1-26-15-8-4-13(5-9-15)24-17(22)23-10-14(25)11-27-16-6-2-12(3-7-16)18(19,20)21;/h2-9,14,25H,10-11H2,1H3,(H3,22,23,24);1H. The Labute approximate surface area is 177 Å². The van der Waals surface area contributed by atoms with Crippen LogP contribution in [0, 0.1) is 0 Å². The fourth-order valence-electron chi connectivity index (χ4n) is 2.05. The highest BCUT2D eigenvalue weighted by atomic mass is 127. The smallest absolute Gasteiger partial charge is 0.416 e. The number of rotatable bonds is 7. The fourth-order valence-corrected chi connectivity index (χ4v) is 2.05. The molecule has 4 N–H and O–H groups in total. The van der Waals surface area contributed by atoms with Gasteiger partial charge in [-0.15, -0.1) is 24.0 Å². The molecule has 154 valence electrons. The molecule has 0 fully saturated rings. The molecule has 0 radical (unpaired) electrons. The number of aliphatic hydroxyl groups excluding tert-OH is 1. The molecule has 0 bridgehead atoms. The maximum atomic E-state index is 12.5. The summed E-state index contributed by atoms with van der Waals surface area (Å²) in [6, 6.07) is 11.2. The molecule has 2 aromatic rings. The molecule has 0 aliphatic heterocycles. The summed E-state index contributed by atoms with van der Waals surface area (Å²) >= 11 is 0. The van der Waals surface area contributed by atoms with Gasteiger partial charge in [0.2, 0.25) is 0 Å². The number of aliphatic hydroxyl groups is 1. The minimum Gasteiger partial charge on any atom is -0.497 e. The van der Waals surface area contributed by atoms with Crippen molar-refractivity contribution < 1.29 is 27.8 Å². The molecule has 28 heavy (non-hydrogen) atoms. The second kappa shape index (κ2) is 11.0. The van der Waals surface area contributed by atoms with Crippen molar-refractivity contribution in [3.8, 4) is 11.5 Å². The Morgan fingerprint density at radius 2 is 1.68 bits per heavy atom. The average Bonchev–Trinajstić information content (AvgIpc) is 2.65. The third-order valence-electron chi connectivity index (χ3n) is 3.46. The van der Waals surface area contributed by atoms with Crippen molar-refractivity contribution in [3.63, 3.8) is 0 Å². The highest BCUT2D eigenvalue weighted by molar-refractivity contribution is 14.0. The van der Waals surface area contributed by atoms with Gasteiger partial charge in [0.1, 0.15) is 24.2 Å². The van der Waals surface area contributed by atoms with Gasteiger partial charge in [-0.3, -0.25) is 4.99 Å². The Kier molecular flexibility index (Phi) is 9.32. The number of ether oxygens (including phenoxy) is 2. The zero-order valence-electron chi connectivity index (χ0n) is 14.9. The lowest BCUT2D eigenvalue weighted by atomic mass is 10.2. The number of aliphatic imine (C=N–C) groups is 1. The van der Waals surface area contributed by atoms with Crippen LogP contribution in [0.3, 0.4) is 0 Å². The molecule has 1 atom stereocenters. The molecule has 0 aromatic heterocycles. The summed E-state index contributed by atoms with van der Waals surface area (Å²) in [5.41, 5.74) is 5.67. The number of hydrogen-bond acceptors (Lipinski definition) is 4. The van der Waals surface area contributed by atoms with E-state index in [0.717, 1.165) is 12.1 Å². The number of benzene rings is 2. The van der Waals surface area contributed by atoms with Gasteiger partial charge in [0.25, 0.3) is 0 Å². The second-order valence-electron chi connectivity index (χ2n) is 5.57. The van der Waals surface area contributed by atoms with E-state index in [0.29, 0.717) is 11.4 Å². The summed E-state index contributed by atoms with van der Waals surface area (Å²) in [6.07, 6.45) is -5.37. The highest BCUT2D eigenvalue weighted by Gasteiger charge is 2.30. The largest absolute Gasteiger partial charge is 0.497 e. The molecular formula is C18H21F3IN3O3. The third-order valence-corrected chi connectivity index (χ3v) is 3.46. The lowest BCUT2D eigenvalue weighted by molar-refractivity contribution is -0.137. The van der Waals surface area contributed by atoms with Crippen LogP contribution in [0.4, 0.5) is 18.9 Å². The van der Waals surface area contributed by atoms with Crippen molar-refractivity contribution in [1.82, 2.24) is 0 Å². The van der Waals surface area contributed by atoms with Crippen LogP contribution in [0.25, 0.3) is 0 Å². The van der Waals surface area contributed by atoms with E-state index in [1.54, 1.807) is 31.4 Å². The first kappa shape index (κ1) is 23.8. The maximum absolute atomic E-state index is 12.5. The Morgan fingerprint density at radius 3 is 2.21 bits per heavy atom. The summed E-state index contributed by atoms with van der Waals surface area (Å²) in [6.45, 7) is -0.166. The molecule has 0 aliphatic carbocycles. The van der Waals surface area contributed by atoms with Crippen LogP contribution in [0.1, 0.15) is 5.56 Å². The number of anilines is 1. The van der Waals surface area contributed by atoms with Crippen LogP contribution < -0.4 is 20.5 Å². The van der Waals surface area contributed by atoms with Gasteiger partial charge in [0, 0.05) is 5.69 Å². The molecule has 1 unspecified atom stereocenters. The number of guanidine groups is 1. The predicted molar refractivity (Wildman–Crippen MR) is 111 cm³/mol. The Morgan fingerprint density at radius 1 is 1.11 bits per heavy atom. The van der Waals surface area contributed by atoms with Crippen molar-refractivity contribution in [2.75, 3.05) is 25.6 Å². The monoisotopic (exact) mass is 511 g/mol. The van der Waals surface area contributed by atoms with Crippen molar-refractivity contribution in [2.24, 2.45) is 10.7 Å². The van der Waals surface area contributed by atoms with Gasteiger partial charge in [-0.2, -0.15) is 13.2 Å². The van der Waals surface area contributed by atoms with Crippen LogP contribution in [0.15, 0.2) is 53.5 Å². The van der Waals surface area contributed by atoms with E-state index in [4.69, 9.17) is 15.2 Å². The first-order valence-electron chi connectivity index (χ1n) is 7.97. The van der Waals surface area contributed by atoms with E-state index in [-0.39, 0.29) is 48.8 Å². The molecule has 0 saturated heterocycles. The van der Waals surface area contributed by atoms with E-state index >= 15 is 0 Å². The van der Waals surface area contributed by atoms with Gasteiger partial charge < -0.3 is 25.6 Å². The van der Waals surface area contributed by atoms with Gasteiger partial charge in [-0.1, -0.05) is 0 Å². The molecular weight excluding hydrogens is 490 g/mol. The number of nitrogens with two attached hydrogens (primary N) is 1. The summed E-state index contributed by atoms with van der Waals surface area (Å²) in [7, 11) is 1.56.